The van der Waals surface area contributed by atoms with Gasteiger partial charge in [0.25, 0.3) is 0 Å². The summed E-state index contributed by atoms with van der Waals surface area (Å²) in [6.45, 7) is 2.14. The number of aliphatic hydroxyl groups excluding tert-OH is 1. The molecule has 1 unspecified atom stereocenters. The lowest BCUT2D eigenvalue weighted by Gasteiger charge is -2.11. The second-order valence-electron chi connectivity index (χ2n) is 3.35. The summed E-state index contributed by atoms with van der Waals surface area (Å²) in [5, 5.41) is 12.8. The Hall–Kier alpha value is -0.650. The quantitative estimate of drug-likeness (QED) is 0.557. The lowest BCUT2D eigenvalue weighted by atomic mass is 10.2. The van der Waals surface area contributed by atoms with Crippen LogP contribution in [-0.2, 0) is 0 Å². The molecule has 0 aliphatic carbocycles. The van der Waals surface area contributed by atoms with Crippen molar-refractivity contribution < 1.29 is 5.11 Å². The lowest BCUT2D eigenvalue weighted by Crippen LogP contribution is -2.29. The highest BCUT2D eigenvalue weighted by Gasteiger charge is 2.04. The highest BCUT2D eigenvalue weighted by molar-refractivity contribution is 7.99. The number of nitrogens with one attached hydrogen (secondary N) is 1. The van der Waals surface area contributed by atoms with Crippen LogP contribution in [0.15, 0.2) is 17.6 Å². The Bertz CT molecular complexity index is 275. The van der Waals surface area contributed by atoms with Gasteiger partial charge >= 0.3 is 0 Å². The molecule has 5 heteroatoms. The van der Waals surface area contributed by atoms with Crippen molar-refractivity contribution in [2.24, 2.45) is 0 Å². The lowest BCUT2D eigenvalue weighted by molar-refractivity contribution is 0.246. The molecule has 1 aromatic rings. The Balaban J connectivity index is 2.28. The van der Waals surface area contributed by atoms with Gasteiger partial charge in [0.2, 0.25) is 0 Å². The zero-order valence-corrected chi connectivity index (χ0v) is 9.92. The smallest absolute Gasteiger partial charge is 0.187 e. The fourth-order valence-corrected chi connectivity index (χ4v) is 1.91. The normalized spacial score (nSPS) is 12.7. The summed E-state index contributed by atoms with van der Waals surface area (Å²) in [6.07, 6.45) is 4.54. The van der Waals surface area contributed by atoms with Gasteiger partial charge in [0.1, 0.15) is 0 Å². The number of likely N-dealkylation sites (N-methyl/N-ethyl adjacent to an activating group) is 1. The number of hydrogen-bond acceptors (Lipinski definition) is 5. The molecule has 0 radical (unpaired) electrons. The van der Waals surface area contributed by atoms with Crippen LogP contribution in [0.5, 0.6) is 0 Å². The molecule has 1 atom stereocenters. The van der Waals surface area contributed by atoms with Crippen LogP contribution in [0.3, 0.4) is 0 Å². The van der Waals surface area contributed by atoms with Gasteiger partial charge in [0, 0.05) is 24.2 Å². The van der Waals surface area contributed by atoms with Gasteiger partial charge < -0.3 is 10.4 Å². The molecule has 0 aromatic carbocycles. The maximum atomic E-state index is 8.96. The topological polar surface area (TPSA) is 58.0 Å². The number of aromatic nitrogens is 2. The molecule has 4 nitrogen and oxygen atoms in total. The molecule has 0 aliphatic rings. The fraction of sp³-hybridized carbons (Fsp3) is 0.600. The second-order valence-corrected chi connectivity index (χ2v) is 4.41. The number of nitrogens with zero attached hydrogens (tertiary/aromatic N) is 2. The van der Waals surface area contributed by atoms with Crippen molar-refractivity contribution in [1.29, 1.82) is 0 Å². The van der Waals surface area contributed by atoms with Crippen LogP contribution in [-0.4, -0.2) is 40.5 Å². The minimum absolute atomic E-state index is 0.169. The summed E-state index contributed by atoms with van der Waals surface area (Å²) in [7, 11) is 1.86. The summed E-state index contributed by atoms with van der Waals surface area (Å²) >= 11 is 1.61. The Morgan fingerprint density at radius 1 is 1.47 bits per heavy atom. The number of hydrogen-bond donors (Lipinski definition) is 2. The average molecular weight is 227 g/mol. The molecule has 0 spiro atoms. The first-order valence-electron chi connectivity index (χ1n) is 4.96. The fourth-order valence-electron chi connectivity index (χ4n) is 1.07. The van der Waals surface area contributed by atoms with Gasteiger partial charge in [0.15, 0.2) is 5.16 Å². The molecule has 0 saturated heterocycles. The average Bonchev–Trinajstić information content (AvgIpc) is 2.27. The minimum atomic E-state index is 0.169. The van der Waals surface area contributed by atoms with Crippen molar-refractivity contribution in [2.45, 2.75) is 24.5 Å². The van der Waals surface area contributed by atoms with E-state index in [1.807, 2.05) is 26.4 Å². The minimum Gasteiger partial charge on any atom is -0.395 e. The van der Waals surface area contributed by atoms with Crippen LogP contribution >= 0.6 is 11.8 Å². The van der Waals surface area contributed by atoms with Gasteiger partial charge in [-0.3, -0.25) is 0 Å². The van der Waals surface area contributed by atoms with E-state index >= 15 is 0 Å². The molecule has 0 aliphatic heterocycles. The Morgan fingerprint density at radius 3 is 2.67 bits per heavy atom. The first-order chi connectivity index (χ1) is 7.26. The summed E-state index contributed by atoms with van der Waals surface area (Å²) in [4.78, 5) is 8.39. The van der Waals surface area contributed by atoms with Gasteiger partial charge in [-0.15, -0.1) is 0 Å². The highest BCUT2D eigenvalue weighted by Crippen LogP contribution is 2.13. The first kappa shape index (κ1) is 12.4. The van der Waals surface area contributed by atoms with Crippen LogP contribution < -0.4 is 5.32 Å². The molecule has 1 rings (SSSR count). The van der Waals surface area contributed by atoms with Crippen LogP contribution in [0.1, 0.15) is 12.0 Å². The zero-order valence-electron chi connectivity index (χ0n) is 9.10. The van der Waals surface area contributed by atoms with E-state index in [-0.39, 0.29) is 12.6 Å². The molecule has 84 valence electrons. The van der Waals surface area contributed by atoms with E-state index in [1.165, 1.54) is 0 Å². The van der Waals surface area contributed by atoms with Gasteiger partial charge in [-0.05, 0) is 26.0 Å². The van der Waals surface area contributed by atoms with E-state index in [0.717, 1.165) is 22.9 Å². The van der Waals surface area contributed by atoms with Gasteiger partial charge in [-0.25, -0.2) is 9.97 Å². The molecular weight excluding hydrogens is 210 g/mol. The largest absolute Gasteiger partial charge is 0.395 e. The van der Waals surface area contributed by atoms with Crippen LogP contribution in [0.4, 0.5) is 0 Å². The number of thioether (sulfide) groups is 1. The van der Waals surface area contributed by atoms with Crippen molar-refractivity contribution in [2.75, 3.05) is 19.4 Å². The van der Waals surface area contributed by atoms with Crippen LogP contribution in [0.2, 0.25) is 0 Å². The third-order valence-electron chi connectivity index (χ3n) is 2.08. The SMILES string of the molecule is CNC(CO)CCSc1ncc(C)cn1. The predicted molar refractivity (Wildman–Crippen MR) is 62.0 cm³/mol. The maximum absolute atomic E-state index is 8.96. The van der Waals surface area contributed by atoms with Gasteiger partial charge in [0.05, 0.1) is 6.61 Å². The van der Waals surface area contributed by atoms with Gasteiger partial charge in [-0.1, -0.05) is 11.8 Å². The van der Waals surface area contributed by atoms with Crippen molar-refractivity contribution in [3.05, 3.63) is 18.0 Å². The summed E-state index contributed by atoms with van der Waals surface area (Å²) in [5.41, 5.74) is 1.07. The Morgan fingerprint density at radius 2 is 2.13 bits per heavy atom. The molecule has 0 saturated carbocycles. The summed E-state index contributed by atoms with van der Waals surface area (Å²) < 4.78 is 0. The number of aryl methyl sites for hydroxylation is 1. The predicted octanol–water partition coefficient (Wildman–Crippen LogP) is 0.848. The third-order valence-corrected chi connectivity index (χ3v) is 2.99. The summed E-state index contributed by atoms with van der Waals surface area (Å²) in [5.74, 6) is 0.912. The first-order valence-corrected chi connectivity index (χ1v) is 5.94. The molecule has 0 bridgehead atoms. The van der Waals surface area contributed by atoms with Crippen LogP contribution in [0.25, 0.3) is 0 Å². The molecule has 15 heavy (non-hydrogen) atoms. The van der Waals surface area contributed by atoms with E-state index in [9.17, 15) is 0 Å². The maximum Gasteiger partial charge on any atom is 0.187 e. The Kier molecular flexibility index (Phi) is 5.60. The Labute approximate surface area is 94.5 Å². The number of rotatable bonds is 6. The van der Waals surface area contributed by atoms with E-state index in [4.69, 9.17) is 5.11 Å². The van der Waals surface area contributed by atoms with Crippen LogP contribution in [0, 0.1) is 6.92 Å². The van der Waals surface area contributed by atoms with E-state index < -0.39 is 0 Å². The molecule has 2 N–H and O–H groups in total. The van der Waals surface area contributed by atoms with Crippen molar-refractivity contribution in [3.8, 4) is 0 Å². The highest BCUT2D eigenvalue weighted by atomic mass is 32.2. The third kappa shape index (κ3) is 4.59. The molecule has 0 amide bonds. The molecular formula is C10H17N3OS. The monoisotopic (exact) mass is 227 g/mol. The second kappa shape index (κ2) is 6.76. The molecule has 1 heterocycles. The summed E-state index contributed by atoms with van der Waals surface area (Å²) in [6, 6.07) is 0.169. The van der Waals surface area contributed by atoms with Crippen molar-refractivity contribution >= 4 is 11.8 Å². The van der Waals surface area contributed by atoms with E-state index in [0.29, 0.717) is 0 Å². The standard InChI is InChI=1S/C10H17N3OS/c1-8-5-12-10(13-6-8)15-4-3-9(7-14)11-2/h5-6,9,11,14H,3-4,7H2,1-2H3. The zero-order chi connectivity index (χ0) is 11.1. The molecule has 1 aromatic heterocycles. The molecule has 0 fully saturated rings. The van der Waals surface area contributed by atoms with E-state index in [2.05, 4.69) is 15.3 Å². The van der Waals surface area contributed by atoms with Crippen molar-refractivity contribution in [1.82, 2.24) is 15.3 Å². The number of aliphatic hydroxyl groups is 1. The van der Waals surface area contributed by atoms with Crippen molar-refractivity contribution in [3.63, 3.8) is 0 Å². The van der Waals surface area contributed by atoms with Gasteiger partial charge in [-0.2, -0.15) is 0 Å². The van der Waals surface area contributed by atoms with E-state index in [1.54, 1.807) is 11.8 Å².